The van der Waals surface area contributed by atoms with E-state index in [0.717, 1.165) is 6.07 Å². The molecule has 0 bridgehead atoms. The predicted octanol–water partition coefficient (Wildman–Crippen LogP) is 2.00. The summed E-state index contributed by atoms with van der Waals surface area (Å²) in [4.78, 5) is 21.1. The Hall–Kier alpha value is -1.31. The molecule has 0 amide bonds. The average molecular weight is 278 g/mol. The third-order valence-electron chi connectivity index (χ3n) is 2.11. The largest absolute Gasteiger partial charge is 0.306 e. The zero-order valence-electron chi connectivity index (χ0n) is 8.68. The Bertz CT molecular complexity index is 516. The molecular weight excluding hydrogens is 270 g/mol. The van der Waals surface area contributed by atoms with Crippen LogP contribution in [0.2, 0.25) is 0 Å². The molecule has 0 heterocycles. The van der Waals surface area contributed by atoms with Gasteiger partial charge in [0.25, 0.3) is 10.9 Å². The van der Waals surface area contributed by atoms with Crippen LogP contribution in [-0.2, 0) is 16.8 Å². The smallest absolute Gasteiger partial charge is 0.274 e. The lowest BCUT2D eigenvalue weighted by Crippen LogP contribution is -2.03. The number of hydrogen-bond donors (Lipinski definition) is 1. The molecule has 1 aromatic carbocycles. The lowest BCUT2D eigenvalue weighted by molar-refractivity contribution is -0.385. The Kier molecular flexibility index (Phi) is 4.33. The van der Waals surface area contributed by atoms with Crippen LogP contribution in [-0.4, -0.2) is 18.9 Å². The molecule has 0 radical (unpaired) electrons. The molecule has 0 aliphatic heterocycles. The van der Waals surface area contributed by atoms with Gasteiger partial charge in [0.15, 0.2) is 11.1 Å². The van der Waals surface area contributed by atoms with E-state index in [4.69, 9.17) is 16.2 Å². The van der Waals surface area contributed by atoms with Gasteiger partial charge in [0.1, 0.15) is 0 Å². The summed E-state index contributed by atoms with van der Waals surface area (Å²) in [6.07, 6.45) is 0. The first-order valence-corrected chi connectivity index (χ1v) is 6.03. The zero-order valence-corrected chi connectivity index (χ0v) is 10.2. The molecule has 17 heavy (non-hydrogen) atoms. The molecule has 0 aliphatic carbocycles. The fourth-order valence-corrected chi connectivity index (χ4v) is 2.09. The first-order chi connectivity index (χ1) is 7.82. The molecule has 1 unspecified atom stereocenters. The summed E-state index contributed by atoms with van der Waals surface area (Å²) >= 11 is 3.08. The van der Waals surface area contributed by atoms with E-state index in [1.807, 2.05) is 0 Å². The molecule has 1 rings (SSSR count). The zero-order chi connectivity index (χ0) is 13.2. The molecule has 0 saturated heterocycles. The number of aryl methyl sites for hydroxylation is 1. The Balaban J connectivity index is 3.40. The van der Waals surface area contributed by atoms with Crippen LogP contribution in [0.5, 0.6) is 0 Å². The monoisotopic (exact) mass is 277 g/mol. The second kappa shape index (κ2) is 5.35. The molecule has 1 aromatic rings. The van der Waals surface area contributed by atoms with E-state index in [-0.39, 0.29) is 22.6 Å². The minimum Gasteiger partial charge on any atom is -0.306 e. The lowest BCUT2D eigenvalue weighted by Gasteiger charge is -2.05. The maximum Gasteiger partial charge on any atom is 0.274 e. The third kappa shape index (κ3) is 3.32. The molecular formula is C9H8ClNO5S. The van der Waals surface area contributed by atoms with Gasteiger partial charge in [-0.2, -0.15) is 0 Å². The van der Waals surface area contributed by atoms with Gasteiger partial charge < -0.3 is 4.55 Å². The fourth-order valence-electron chi connectivity index (χ4n) is 1.39. The van der Waals surface area contributed by atoms with Crippen molar-refractivity contribution in [3.8, 4) is 0 Å². The van der Waals surface area contributed by atoms with Crippen LogP contribution in [0.3, 0.4) is 0 Å². The number of hydrogen-bond acceptors (Lipinski definition) is 4. The summed E-state index contributed by atoms with van der Waals surface area (Å²) in [5.41, 5.74) is 0.152. The van der Waals surface area contributed by atoms with Crippen molar-refractivity contribution in [2.45, 2.75) is 12.7 Å². The van der Waals surface area contributed by atoms with E-state index in [1.54, 1.807) is 6.92 Å². The highest BCUT2D eigenvalue weighted by Gasteiger charge is 2.20. The number of carbonyl (C=O) groups is 1. The summed E-state index contributed by atoms with van der Waals surface area (Å²) < 4.78 is 19.4. The quantitative estimate of drug-likeness (QED) is 0.393. The highest BCUT2D eigenvalue weighted by Crippen LogP contribution is 2.25. The van der Waals surface area contributed by atoms with Crippen LogP contribution in [0.4, 0.5) is 5.69 Å². The van der Waals surface area contributed by atoms with E-state index in [0.29, 0.717) is 5.56 Å². The fraction of sp³-hybridized carbons (Fsp3) is 0.222. The van der Waals surface area contributed by atoms with Gasteiger partial charge in [-0.3, -0.25) is 14.9 Å². The molecule has 8 heteroatoms. The number of nitrogens with zero attached hydrogens (tertiary/aromatic N) is 1. The molecule has 0 aromatic heterocycles. The van der Waals surface area contributed by atoms with Crippen LogP contribution in [0.25, 0.3) is 0 Å². The highest BCUT2D eigenvalue weighted by atomic mass is 35.5. The van der Waals surface area contributed by atoms with E-state index < -0.39 is 21.2 Å². The lowest BCUT2D eigenvalue weighted by atomic mass is 10.0. The van der Waals surface area contributed by atoms with Crippen molar-refractivity contribution in [1.29, 1.82) is 0 Å². The van der Waals surface area contributed by atoms with Gasteiger partial charge in [0, 0.05) is 17.2 Å². The van der Waals surface area contributed by atoms with Gasteiger partial charge in [-0.1, -0.05) is 0 Å². The van der Waals surface area contributed by atoms with Crippen LogP contribution in [0, 0.1) is 17.0 Å². The Morgan fingerprint density at radius 1 is 1.59 bits per heavy atom. The van der Waals surface area contributed by atoms with E-state index in [1.165, 1.54) is 6.07 Å². The summed E-state index contributed by atoms with van der Waals surface area (Å²) in [6.45, 7) is 1.54. The highest BCUT2D eigenvalue weighted by molar-refractivity contribution is 7.78. The summed E-state index contributed by atoms with van der Waals surface area (Å²) in [7, 11) is 0. The molecule has 1 atom stereocenters. The SMILES string of the molecule is Cc1cc(CS(=O)O)c([N+](=O)[O-])cc1C(=O)Cl. The maximum atomic E-state index is 11.0. The van der Waals surface area contributed by atoms with Crippen LogP contribution >= 0.6 is 11.6 Å². The van der Waals surface area contributed by atoms with Gasteiger partial charge in [0.05, 0.1) is 10.7 Å². The van der Waals surface area contributed by atoms with Crippen molar-refractivity contribution in [3.05, 3.63) is 38.9 Å². The molecule has 6 nitrogen and oxygen atoms in total. The normalized spacial score (nSPS) is 12.2. The maximum absolute atomic E-state index is 11.0. The Morgan fingerprint density at radius 3 is 2.59 bits per heavy atom. The van der Waals surface area contributed by atoms with E-state index >= 15 is 0 Å². The number of rotatable bonds is 4. The predicted molar refractivity (Wildman–Crippen MR) is 62.5 cm³/mol. The summed E-state index contributed by atoms with van der Waals surface area (Å²) in [6, 6.07) is 2.34. The molecule has 1 N–H and O–H groups in total. The average Bonchev–Trinajstić information content (AvgIpc) is 2.15. The van der Waals surface area contributed by atoms with Crippen molar-refractivity contribution >= 4 is 33.6 Å². The van der Waals surface area contributed by atoms with Crippen molar-refractivity contribution in [2.24, 2.45) is 0 Å². The topological polar surface area (TPSA) is 97.5 Å². The Morgan fingerprint density at radius 2 is 2.18 bits per heavy atom. The van der Waals surface area contributed by atoms with Crippen molar-refractivity contribution < 1.29 is 18.5 Å². The third-order valence-corrected chi connectivity index (χ3v) is 2.87. The second-order valence-electron chi connectivity index (χ2n) is 3.29. The van der Waals surface area contributed by atoms with Crippen LogP contribution < -0.4 is 0 Å². The van der Waals surface area contributed by atoms with Gasteiger partial charge in [-0.05, 0) is 30.2 Å². The first kappa shape index (κ1) is 13.8. The van der Waals surface area contributed by atoms with Gasteiger partial charge in [-0.15, -0.1) is 0 Å². The summed E-state index contributed by atoms with van der Waals surface area (Å²) in [5, 5.41) is 9.96. The molecule has 0 spiro atoms. The van der Waals surface area contributed by atoms with Crippen LogP contribution in [0.1, 0.15) is 21.5 Å². The molecule has 0 fully saturated rings. The van der Waals surface area contributed by atoms with E-state index in [2.05, 4.69) is 0 Å². The molecule has 0 aliphatic rings. The number of nitro benzene ring substituents is 1. The van der Waals surface area contributed by atoms with Crippen molar-refractivity contribution in [1.82, 2.24) is 0 Å². The van der Waals surface area contributed by atoms with Gasteiger partial charge >= 0.3 is 0 Å². The van der Waals surface area contributed by atoms with Gasteiger partial charge in [-0.25, -0.2) is 4.21 Å². The van der Waals surface area contributed by atoms with Gasteiger partial charge in [0.2, 0.25) is 0 Å². The van der Waals surface area contributed by atoms with E-state index in [9.17, 15) is 19.1 Å². The number of carbonyl (C=O) groups excluding carboxylic acids is 1. The molecule has 0 saturated carbocycles. The summed E-state index contributed by atoms with van der Waals surface area (Å²) in [5.74, 6) is -0.367. The minimum atomic E-state index is -2.19. The minimum absolute atomic E-state index is 0.0193. The van der Waals surface area contributed by atoms with Crippen molar-refractivity contribution in [3.63, 3.8) is 0 Å². The first-order valence-electron chi connectivity index (χ1n) is 4.38. The number of halogens is 1. The standard InChI is InChI=1S/C9H8ClNO5S/c1-5-2-6(4-17(15)16)8(11(13)14)3-7(5)9(10)12/h2-3H,4H2,1H3,(H,15,16). The Labute approximate surface area is 104 Å². The second-order valence-corrected chi connectivity index (χ2v) is 4.57. The van der Waals surface area contributed by atoms with Crippen molar-refractivity contribution in [2.75, 3.05) is 0 Å². The number of benzene rings is 1. The number of nitro groups is 1. The van der Waals surface area contributed by atoms with Crippen LogP contribution in [0.15, 0.2) is 12.1 Å². The molecule has 92 valence electrons.